The minimum absolute atomic E-state index is 0.167. The first kappa shape index (κ1) is 19.7. The molecule has 0 aliphatic heterocycles. The van der Waals surface area contributed by atoms with Gasteiger partial charge >= 0.3 is 0 Å². The third kappa shape index (κ3) is 5.71. The molecule has 2 amide bonds. The van der Waals surface area contributed by atoms with Crippen LogP contribution < -0.4 is 10.6 Å². The lowest BCUT2D eigenvalue weighted by Crippen LogP contribution is -2.35. The van der Waals surface area contributed by atoms with E-state index in [1.807, 2.05) is 19.1 Å². The van der Waals surface area contributed by atoms with E-state index in [9.17, 15) is 9.59 Å². The number of hydrogen-bond donors (Lipinski definition) is 2. The highest BCUT2D eigenvalue weighted by atomic mass is 16.3. The third-order valence-corrected chi connectivity index (χ3v) is 4.69. The van der Waals surface area contributed by atoms with Crippen LogP contribution >= 0.6 is 0 Å². The molecule has 0 fully saturated rings. The summed E-state index contributed by atoms with van der Waals surface area (Å²) < 4.78 is 5.53. The number of benzene rings is 1. The zero-order valence-electron chi connectivity index (χ0n) is 16.2. The largest absolute Gasteiger partial charge is 0.462 e. The Morgan fingerprint density at radius 3 is 2.61 bits per heavy atom. The molecule has 0 unspecified atom stereocenters. The third-order valence-electron chi connectivity index (χ3n) is 4.69. The summed E-state index contributed by atoms with van der Waals surface area (Å²) in [6.07, 6.45) is 9.37. The van der Waals surface area contributed by atoms with Gasteiger partial charge < -0.3 is 15.1 Å². The van der Waals surface area contributed by atoms with Gasteiger partial charge in [0.1, 0.15) is 17.2 Å². The highest BCUT2D eigenvalue weighted by Gasteiger charge is 2.15. The van der Waals surface area contributed by atoms with Crippen LogP contribution in [0.25, 0.3) is 6.08 Å². The minimum atomic E-state index is -0.333. The van der Waals surface area contributed by atoms with E-state index in [1.54, 1.807) is 36.4 Å². The zero-order valence-corrected chi connectivity index (χ0v) is 16.2. The van der Waals surface area contributed by atoms with Crippen LogP contribution in [0.4, 0.5) is 0 Å². The number of hydrogen-bond acceptors (Lipinski definition) is 3. The molecule has 0 radical (unpaired) electrons. The number of rotatable bonds is 7. The van der Waals surface area contributed by atoms with Gasteiger partial charge in [-0.15, -0.1) is 0 Å². The van der Waals surface area contributed by atoms with Crippen molar-refractivity contribution in [1.29, 1.82) is 0 Å². The first-order chi connectivity index (χ1) is 13.6. The second kappa shape index (κ2) is 9.74. The van der Waals surface area contributed by atoms with E-state index < -0.39 is 0 Å². The number of nitrogens with one attached hydrogen (secondary N) is 2. The first-order valence-corrected chi connectivity index (χ1v) is 9.72. The van der Waals surface area contributed by atoms with Crippen molar-refractivity contribution in [3.05, 3.63) is 76.9 Å². The molecule has 146 valence electrons. The lowest BCUT2D eigenvalue weighted by atomic mass is 9.97. The Labute approximate surface area is 165 Å². The van der Waals surface area contributed by atoms with Gasteiger partial charge in [0.15, 0.2) is 0 Å². The summed E-state index contributed by atoms with van der Waals surface area (Å²) in [6, 6.07) is 12.4. The predicted octanol–water partition coefficient (Wildman–Crippen LogP) is 4.37. The second-order valence-corrected chi connectivity index (χ2v) is 6.94. The molecule has 1 aromatic heterocycles. The molecule has 28 heavy (non-hydrogen) atoms. The van der Waals surface area contributed by atoms with Crippen molar-refractivity contribution in [2.24, 2.45) is 0 Å². The van der Waals surface area contributed by atoms with E-state index in [2.05, 4.69) is 16.7 Å². The van der Waals surface area contributed by atoms with Crippen molar-refractivity contribution < 1.29 is 14.0 Å². The molecule has 0 saturated carbocycles. The summed E-state index contributed by atoms with van der Waals surface area (Å²) in [7, 11) is 0. The van der Waals surface area contributed by atoms with Crippen LogP contribution in [0.5, 0.6) is 0 Å². The van der Waals surface area contributed by atoms with E-state index in [0.717, 1.165) is 25.0 Å². The van der Waals surface area contributed by atoms with Gasteiger partial charge in [-0.2, -0.15) is 0 Å². The van der Waals surface area contributed by atoms with Gasteiger partial charge in [-0.3, -0.25) is 9.59 Å². The highest BCUT2D eigenvalue weighted by Crippen LogP contribution is 2.19. The molecular weight excluding hydrogens is 352 g/mol. The molecule has 1 aliphatic rings. The molecule has 1 aromatic carbocycles. The highest BCUT2D eigenvalue weighted by molar-refractivity contribution is 6.05. The molecule has 1 heterocycles. The monoisotopic (exact) mass is 378 g/mol. The van der Waals surface area contributed by atoms with Gasteiger partial charge in [-0.1, -0.05) is 29.8 Å². The summed E-state index contributed by atoms with van der Waals surface area (Å²) in [5, 5.41) is 5.62. The van der Waals surface area contributed by atoms with Crippen LogP contribution in [0, 0.1) is 6.92 Å². The Hall–Kier alpha value is -3.08. The number of carbonyl (C=O) groups excluding carboxylic acids is 2. The Bertz CT molecular complexity index is 878. The average Bonchev–Trinajstić information content (AvgIpc) is 3.13. The van der Waals surface area contributed by atoms with Gasteiger partial charge in [0.2, 0.25) is 0 Å². The molecule has 5 heteroatoms. The number of allylic oxidation sites excluding steroid dienone is 1. The lowest BCUT2D eigenvalue weighted by Gasteiger charge is -2.14. The standard InChI is InChI=1S/C23H26N2O3/c1-17-12-13-20(28-17)16-21(25-22(26)19-10-6-3-7-11-19)23(27)24-15-14-18-8-4-2-5-9-18/h3,6-8,10-13,16H,2,4-5,9,14-15H2,1H3,(H,24,27)(H,25,26)/b21-16-. The smallest absolute Gasteiger partial charge is 0.267 e. The summed E-state index contributed by atoms with van der Waals surface area (Å²) in [5.41, 5.74) is 2.05. The number of amides is 2. The van der Waals surface area contributed by atoms with Gasteiger partial charge in [0, 0.05) is 18.2 Å². The van der Waals surface area contributed by atoms with E-state index in [4.69, 9.17) is 4.42 Å². The fourth-order valence-corrected chi connectivity index (χ4v) is 3.18. The van der Waals surface area contributed by atoms with Crippen molar-refractivity contribution in [3.8, 4) is 0 Å². The maximum Gasteiger partial charge on any atom is 0.267 e. The molecule has 5 nitrogen and oxygen atoms in total. The maximum atomic E-state index is 12.7. The zero-order chi connectivity index (χ0) is 19.8. The second-order valence-electron chi connectivity index (χ2n) is 6.94. The molecule has 2 N–H and O–H groups in total. The molecule has 2 aromatic rings. The Kier molecular flexibility index (Phi) is 6.84. The maximum absolute atomic E-state index is 12.7. The molecule has 0 bridgehead atoms. The quantitative estimate of drug-likeness (QED) is 0.555. The normalized spacial score (nSPS) is 14.3. The van der Waals surface area contributed by atoms with Crippen LogP contribution in [0.3, 0.4) is 0 Å². The van der Waals surface area contributed by atoms with Gasteiger partial charge in [0.05, 0.1) is 0 Å². The summed E-state index contributed by atoms with van der Waals surface area (Å²) in [5.74, 6) is 0.602. The fourth-order valence-electron chi connectivity index (χ4n) is 3.18. The Morgan fingerprint density at radius 2 is 1.93 bits per heavy atom. The summed E-state index contributed by atoms with van der Waals surface area (Å²) in [6.45, 7) is 2.37. The molecule has 1 aliphatic carbocycles. The SMILES string of the molecule is Cc1ccc(/C=C(\NC(=O)c2ccccc2)C(=O)NCCC2=CCCCC2)o1. The van der Waals surface area contributed by atoms with Crippen LogP contribution in [-0.2, 0) is 4.79 Å². The van der Waals surface area contributed by atoms with Crippen molar-refractivity contribution >= 4 is 17.9 Å². The molecule has 3 rings (SSSR count). The number of furan rings is 1. The van der Waals surface area contributed by atoms with Gasteiger partial charge in [-0.25, -0.2) is 0 Å². The average molecular weight is 378 g/mol. The molecular formula is C23H26N2O3. The van der Waals surface area contributed by atoms with Gasteiger partial charge in [-0.05, 0) is 63.3 Å². The summed E-state index contributed by atoms with van der Waals surface area (Å²) >= 11 is 0. The van der Waals surface area contributed by atoms with Crippen molar-refractivity contribution in [3.63, 3.8) is 0 Å². The predicted molar refractivity (Wildman–Crippen MR) is 110 cm³/mol. The topological polar surface area (TPSA) is 71.3 Å². The van der Waals surface area contributed by atoms with Crippen LogP contribution in [-0.4, -0.2) is 18.4 Å². The molecule has 0 spiro atoms. The first-order valence-electron chi connectivity index (χ1n) is 9.72. The van der Waals surface area contributed by atoms with E-state index >= 15 is 0 Å². The fraction of sp³-hybridized carbons (Fsp3) is 0.304. The lowest BCUT2D eigenvalue weighted by molar-refractivity contribution is -0.117. The van der Waals surface area contributed by atoms with Gasteiger partial charge in [0.25, 0.3) is 11.8 Å². The van der Waals surface area contributed by atoms with E-state index in [1.165, 1.54) is 18.4 Å². The Balaban J connectivity index is 1.68. The van der Waals surface area contributed by atoms with Crippen LogP contribution in [0.15, 0.2) is 64.2 Å². The molecule has 0 saturated heterocycles. The Morgan fingerprint density at radius 1 is 1.11 bits per heavy atom. The van der Waals surface area contributed by atoms with Crippen molar-refractivity contribution in [2.45, 2.75) is 39.0 Å². The van der Waals surface area contributed by atoms with E-state index in [-0.39, 0.29) is 17.5 Å². The van der Waals surface area contributed by atoms with Crippen LogP contribution in [0.2, 0.25) is 0 Å². The summed E-state index contributed by atoms with van der Waals surface area (Å²) in [4.78, 5) is 25.2. The van der Waals surface area contributed by atoms with Crippen molar-refractivity contribution in [1.82, 2.24) is 10.6 Å². The number of carbonyl (C=O) groups is 2. The van der Waals surface area contributed by atoms with E-state index in [0.29, 0.717) is 17.9 Å². The number of aryl methyl sites for hydroxylation is 1. The minimum Gasteiger partial charge on any atom is -0.462 e. The van der Waals surface area contributed by atoms with Crippen molar-refractivity contribution in [2.75, 3.05) is 6.54 Å². The van der Waals surface area contributed by atoms with Crippen LogP contribution in [0.1, 0.15) is 54.0 Å². The molecule has 0 atom stereocenters.